The van der Waals surface area contributed by atoms with Crippen molar-refractivity contribution in [1.82, 2.24) is 4.98 Å². The molecule has 96 valence electrons. The van der Waals surface area contributed by atoms with Crippen molar-refractivity contribution in [2.45, 2.75) is 13.3 Å². The predicted molar refractivity (Wildman–Crippen MR) is 66.5 cm³/mol. The van der Waals surface area contributed by atoms with Crippen molar-refractivity contribution in [3.8, 4) is 5.75 Å². The van der Waals surface area contributed by atoms with Gasteiger partial charge in [0.15, 0.2) is 11.6 Å². The zero-order valence-corrected chi connectivity index (χ0v) is 10.6. The van der Waals surface area contributed by atoms with E-state index < -0.39 is 0 Å². The van der Waals surface area contributed by atoms with E-state index in [0.717, 1.165) is 17.0 Å². The first kappa shape index (κ1) is 12.4. The lowest BCUT2D eigenvalue weighted by molar-refractivity contribution is 0.386. The zero-order chi connectivity index (χ0) is 13.1. The molecule has 2 rings (SSSR count). The number of methoxy groups -OCH3 is 1. The van der Waals surface area contributed by atoms with E-state index in [2.05, 4.69) is 10.3 Å². The van der Waals surface area contributed by atoms with Crippen LogP contribution in [0.25, 0.3) is 0 Å². The van der Waals surface area contributed by atoms with E-state index >= 15 is 0 Å². The van der Waals surface area contributed by atoms with Gasteiger partial charge >= 0.3 is 0 Å². The summed E-state index contributed by atoms with van der Waals surface area (Å²) in [6, 6.07) is 5.34. The van der Waals surface area contributed by atoms with Crippen molar-refractivity contribution >= 4 is 6.01 Å². The molecule has 0 aliphatic heterocycles. The van der Waals surface area contributed by atoms with Gasteiger partial charge in [0.05, 0.1) is 12.8 Å². The number of anilines is 1. The van der Waals surface area contributed by atoms with Gasteiger partial charge in [0.1, 0.15) is 5.76 Å². The monoisotopic (exact) mass is 250 g/mol. The number of nitrogens with one attached hydrogen (secondary N) is 1. The Labute approximate surface area is 105 Å². The van der Waals surface area contributed by atoms with E-state index in [-0.39, 0.29) is 11.6 Å². The van der Waals surface area contributed by atoms with Crippen LogP contribution >= 0.6 is 0 Å². The number of ether oxygens (including phenoxy) is 1. The van der Waals surface area contributed by atoms with Crippen LogP contribution in [0.15, 0.2) is 22.6 Å². The van der Waals surface area contributed by atoms with E-state index in [9.17, 15) is 4.39 Å². The fourth-order valence-corrected chi connectivity index (χ4v) is 1.71. The molecular weight excluding hydrogens is 235 g/mol. The maximum atomic E-state index is 13.5. The smallest absolute Gasteiger partial charge is 0.294 e. The minimum atomic E-state index is -0.370. The van der Waals surface area contributed by atoms with Crippen LogP contribution in [0.4, 0.5) is 10.4 Å². The first-order valence-corrected chi connectivity index (χ1v) is 5.60. The molecule has 0 amide bonds. The Balaban J connectivity index is 2.22. The summed E-state index contributed by atoms with van der Waals surface area (Å²) in [5.74, 6) is 0.604. The second kappa shape index (κ2) is 5.08. The lowest BCUT2D eigenvalue weighted by atomic mass is 10.1. The van der Waals surface area contributed by atoms with E-state index in [1.807, 2.05) is 13.0 Å². The van der Waals surface area contributed by atoms with Crippen molar-refractivity contribution in [3.05, 3.63) is 41.0 Å². The molecule has 0 saturated carbocycles. The quantitative estimate of drug-likeness (QED) is 0.906. The Bertz CT molecular complexity index is 552. The van der Waals surface area contributed by atoms with Crippen molar-refractivity contribution < 1.29 is 13.5 Å². The van der Waals surface area contributed by atoms with Crippen LogP contribution in [0.3, 0.4) is 0 Å². The summed E-state index contributed by atoms with van der Waals surface area (Å²) in [7, 11) is 3.18. The number of oxazole rings is 1. The molecule has 0 bridgehead atoms. The highest BCUT2D eigenvalue weighted by atomic mass is 19.1. The third-order valence-corrected chi connectivity index (χ3v) is 2.69. The van der Waals surface area contributed by atoms with Gasteiger partial charge < -0.3 is 14.5 Å². The second-order valence-corrected chi connectivity index (χ2v) is 3.92. The highest BCUT2D eigenvalue weighted by Gasteiger charge is 2.10. The molecule has 0 radical (unpaired) electrons. The summed E-state index contributed by atoms with van der Waals surface area (Å²) in [6.07, 6.45) is 0.526. The Kier molecular flexibility index (Phi) is 3.50. The van der Waals surface area contributed by atoms with E-state index in [1.165, 1.54) is 13.2 Å². The third kappa shape index (κ3) is 2.45. The number of rotatable bonds is 4. The molecule has 0 spiro atoms. The molecule has 1 aromatic heterocycles. The van der Waals surface area contributed by atoms with Gasteiger partial charge in [-0.25, -0.2) is 4.39 Å². The minimum Gasteiger partial charge on any atom is -0.494 e. The average molecular weight is 250 g/mol. The normalized spacial score (nSPS) is 10.4. The molecule has 0 fully saturated rings. The maximum absolute atomic E-state index is 13.5. The van der Waals surface area contributed by atoms with Gasteiger partial charge in [0.25, 0.3) is 6.01 Å². The maximum Gasteiger partial charge on any atom is 0.294 e. The fourth-order valence-electron chi connectivity index (χ4n) is 1.71. The summed E-state index contributed by atoms with van der Waals surface area (Å²) in [5, 5.41) is 2.83. The fraction of sp³-hybridized carbons (Fsp3) is 0.308. The van der Waals surface area contributed by atoms with Crippen LogP contribution in [0, 0.1) is 12.7 Å². The molecule has 1 aromatic carbocycles. The van der Waals surface area contributed by atoms with Crippen LogP contribution in [-0.2, 0) is 6.42 Å². The van der Waals surface area contributed by atoms with Crippen LogP contribution in [0.5, 0.6) is 5.75 Å². The van der Waals surface area contributed by atoms with Gasteiger partial charge in [-0.3, -0.25) is 0 Å². The van der Waals surface area contributed by atoms with Gasteiger partial charge in [-0.2, -0.15) is 4.98 Å². The van der Waals surface area contributed by atoms with Gasteiger partial charge in [-0.1, -0.05) is 6.07 Å². The van der Waals surface area contributed by atoms with Crippen LogP contribution in [-0.4, -0.2) is 19.1 Å². The number of aryl methyl sites for hydroxylation is 1. The molecule has 5 heteroatoms. The minimum absolute atomic E-state index is 0.242. The first-order chi connectivity index (χ1) is 8.63. The van der Waals surface area contributed by atoms with Crippen LogP contribution in [0.1, 0.15) is 17.0 Å². The Hall–Kier alpha value is -2.04. The molecular formula is C13H15FN2O2. The predicted octanol–water partition coefficient (Wildman–Crippen LogP) is 2.76. The van der Waals surface area contributed by atoms with Gasteiger partial charge in [0.2, 0.25) is 0 Å². The van der Waals surface area contributed by atoms with Crippen molar-refractivity contribution in [1.29, 1.82) is 0 Å². The van der Waals surface area contributed by atoms with Crippen LogP contribution in [0.2, 0.25) is 0 Å². The summed E-state index contributed by atoms with van der Waals surface area (Å²) < 4.78 is 23.8. The number of hydrogen-bond acceptors (Lipinski definition) is 4. The Morgan fingerprint density at radius 2 is 2.22 bits per heavy atom. The van der Waals surface area contributed by atoms with Crippen molar-refractivity contribution in [2.75, 3.05) is 19.5 Å². The van der Waals surface area contributed by atoms with Crippen molar-refractivity contribution in [3.63, 3.8) is 0 Å². The molecule has 0 unspecified atom stereocenters. The van der Waals surface area contributed by atoms with Crippen LogP contribution < -0.4 is 10.1 Å². The first-order valence-electron chi connectivity index (χ1n) is 5.60. The number of benzene rings is 1. The van der Waals surface area contributed by atoms with Gasteiger partial charge in [-0.15, -0.1) is 0 Å². The standard InChI is InChI=1S/C13H15FN2O2/c1-8-11(16-13(15-2)18-8)7-9-4-5-12(17-3)10(14)6-9/h4-6H,7H2,1-3H3,(H,15,16). The number of aromatic nitrogens is 1. The molecule has 0 aliphatic rings. The lowest BCUT2D eigenvalue weighted by Crippen LogP contribution is -1.95. The number of nitrogens with zero attached hydrogens (tertiary/aromatic N) is 1. The van der Waals surface area contributed by atoms with Gasteiger partial charge in [-0.05, 0) is 24.6 Å². The highest BCUT2D eigenvalue weighted by Crippen LogP contribution is 2.21. The van der Waals surface area contributed by atoms with E-state index in [0.29, 0.717) is 12.4 Å². The summed E-state index contributed by atoms with van der Waals surface area (Å²) in [4.78, 5) is 4.26. The molecule has 1 heterocycles. The summed E-state index contributed by atoms with van der Waals surface area (Å²) in [5.41, 5.74) is 1.62. The van der Waals surface area contributed by atoms with E-state index in [4.69, 9.17) is 9.15 Å². The molecule has 0 atom stereocenters. The molecule has 1 N–H and O–H groups in total. The number of halogens is 1. The molecule has 4 nitrogen and oxygen atoms in total. The van der Waals surface area contributed by atoms with E-state index in [1.54, 1.807) is 13.1 Å². The molecule has 18 heavy (non-hydrogen) atoms. The molecule has 0 aliphatic carbocycles. The van der Waals surface area contributed by atoms with Crippen molar-refractivity contribution in [2.24, 2.45) is 0 Å². The van der Waals surface area contributed by atoms with Gasteiger partial charge in [0, 0.05) is 13.5 Å². The topological polar surface area (TPSA) is 47.3 Å². The second-order valence-electron chi connectivity index (χ2n) is 3.92. The zero-order valence-electron chi connectivity index (χ0n) is 10.6. The Morgan fingerprint density at radius 1 is 1.44 bits per heavy atom. The summed E-state index contributed by atoms with van der Waals surface area (Å²) >= 11 is 0. The highest BCUT2D eigenvalue weighted by molar-refractivity contribution is 5.33. The molecule has 2 aromatic rings. The third-order valence-electron chi connectivity index (χ3n) is 2.69. The molecule has 0 saturated heterocycles. The lowest BCUT2D eigenvalue weighted by Gasteiger charge is -2.04. The summed E-state index contributed by atoms with van der Waals surface area (Å²) in [6.45, 7) is 1.84. The SMILES string of the molecule is CNc1nc(Cc2ccc(OC)c(F)c2)c(C)o1. The average Bonchev–Trinajstić information content (AvgIpc) is 2.70. The number of hydrogen-bond donors (Lipinski definition) is 1. The Morgan fingerprint density at radius 3 is 2.78 bits per heavy atom. The largest absolute Gasteiger partial charge is 0.494 e.